The molecule has 0 unspecified atom stereocenters. The van der Waals surface area contributed by atoms with E-state index in [-0.39, 0.29) is 32.1 Å². The summed E-state index contributed by atoms with van der Waals surface area (Å²) in [5.74, 6) is -1.39. The third-order valence-corrected chi connectivity index (χ3v) is 4.50. The highest BCUT2D eigenvalue weighted by Gasteiger charge is 2.44. The summed E-state index contributed by atoms with van der Waals surface area (Å²) in [6, 6.07) is 8.34. The summed E-state index contributed by atoms with van der Waals surface area (Å²) in [7, 11) is 1.25. The zero-order valence-electron chi connectivity index (χ0n) is 15.7. The minimum absolute atomic E-state index is 0.0269. The molecule has 1 heterocycles. The first-order chi connectivity index (χ1) is 13.0. The average molecular weight is 378 g/mol. The Hall–Kier alpha value is -2.61. The van der Waals surface area contributed by atoms with Crippen LogP contribution in [0.5, 0.6) is 0 Å². The highest BCUT2D eigenvalue weighted by atomic mass is 16.6. The molecule has 1 aliphatic rings. The van der Waals surface area contributed by atoms with E-state index in [2.05, 4.69) is 0 Å². The summed E-state index contributed by atoms with van der Waals surface area (Å²) in [5, 5.41) is 11.3. The molecule has 8 heteroatoms. The van der Waals surface area contributed by atoms with Crippen LogP contribution in [0, 0.1) is 5.92 Å². The third-order valence-electron chi connectivity index (χ3n) is 4.50. The Balaban J connectivity index is 2.10. The van der Waals surface area contributed by atoms with Gasteiger partial charge in [-0.25, -0.2) is 19.6 Å². The fraction of sp³-hybridized carbons (Fsp3) is 0.526. The lowest BCUT2D eigenvalue weighted by molar-refractivity contribution is -0.162. The number of rotatable bonds is 7. The molecule has 1 aromatic carbocycles. The molecule has 2 rings (SSSR count). The monoisotopic (exact) mass is 378 g/mol. The largest absolute Gasteiger partial charge is 0.467 e. The van der Waals surface area contributed by atoms with Crippen LogP contribution in [0.3, 0.4) is 0 Å². The number of methoxy groups -OCH3 is 1. The number of ether oxygens (including phenoxy) is 2. The summed E-state index contributed by atoms with van der Waals surface area (Å²) in [4.78, 5) is 37.5. The van der Waals surface area contributed by atoms with E-state index in [4.69, 9.17) is 14.6 Å². The van der Waals surface area contributed by atoms with Crippen molar-refractivity contribution in [3.8, 4) is 0 Å². The lowest BCUT2D eigenvalue weighted by atomic mass is 10.0. The second-order valence-corrected chi connectivity index (χ2v) is 6.44. The van der Waals surface area contributed by atoms with Crippen LogP contribution < -0.4 is 0 Å². The van der Waals surface area contributed by atoms with Gasteiger partial charge in [0.05, 0.1) is 7.11 Å². The molecule has 1 N–H and O–H groups in total. The molecule has 1 aliphatic heterocycles. The molecule has 2 atom stereocenters. The molecule has 0 radical (unpaired) electrons. The van der Waals surface area contributed by atoms with Crippen LogP contribution in [0.2, 0.25) is 0 Å². The Morgan fingerprint density at radius 1 is 1.26 bits per heavy atom. The third kappa shape index (κ3) is 5.19. The van der Waals surface area contributed by atoms with Crippen LogP contribution in [-0.4, -0.2) is 59.4 Å². The van der Waals surface area contributed by atoms with Gasteiger partial charge in [0, 0.05) is 25.5 Å². The van der Waals surface area contributed by atoms with Gasteiger partial charge in [0.15, 0.2) is 6.04 Å². The second-order valence-electron chi connectivity index (χ2n) is 6.44. The van der Waals surface area contributed by atoms with E-state index in [0.717, 1.165) is 10.6 Å². The molecule has 0 saturated carbocycles. The van der Waals surface area contributed by atoms with Gasteiger partial charge in [-0.1, -0.05) is 37.3 Å². The van der Waals surface area contributed by atoms with E-state index in [9.17, 15) is 14.4 Å². The van der Waals surface area contributed by atoms with Crippen molar-refractivity contribution in [2.45, 2.75) is 38.8 Å². The predicted molar refractivity (Wildman–Crippen MR) is 96.1 cm³/mol. The van der Waals surface area contributed by atoms with Gasteiger partial charge in [-0.3, -0.25) is 4.79 Å². The van der Waals surface area contributed by atoms with E-state index in [1.54, 1.807) is 6.92 Å². The van der Waals surface area contributed by atoms with Gasteiger partial charge in [0.25, 0.3) is 0 Å². The number of hydrazine groups is 1. The van der Waals surface area contributed by atoms with Crippen molar-refractivity contribution in [3.63, 3.8) is 0 Å². The fourth-order valence-corrected chi connectivity index (χ4v) is 2.99. The van der Waals surface area contributed by atoms with Crippen LogP contribution in [0.1, 0.15) is 31.7 Å². The normalized spacial score (nSPS) is 17.5. The van der Waals surface area contributed by atoms with E-state index in [1.165, 1.54) is 12.1 Å². The van der Waals surface area contributed by atoms with E-state index >= 15 is 0 Å². The average Bonchev–Trinajstić information content (AvgIpc) is 3.14. The molecule has 1 fully saturated rings. The Morgan fingerprint density at radius 3 is 2.59 bits per heavy atom. The molecule has 2 amide bonds. The van der Waals surface area contributed by atoms with Crippen LogP contribution in [0.4, 0.5) is 4.79 Å². The number of carbonyl (C=O) groups excluding carboxylic acids is 3. The van der Waals surface area contributed by atoms with Crippen LogP contribution in [-0.2, 0) is 25.7 Å². The molecule has 8 nitrogen and oxygen atoms in total. The highest BCUT2D eigenvalue weighted by Crippen LogP contribution is 2.25. The molecule has 1 saturated heterocycles. The van der Waals surface area contributed by atoms with Crippen molar-refractivity contribution in [3.05, 3.63) is 35.9 Å². The van der Waals surface area contributed by atoms with Gasteiger partial charge in [-0.15, -0.1) is 0 Å². The molecule has 148 valence electrons. The number of hydrogen-bond acceptors (Lipinski definition) is 6. The summed E-state index contributed by atoms with van der Waals surface area (Å²) in [6.07, 6.45) is 0.508. The molecule has 0 spiro atoms. The van der Waals surface area contributed by atoms with Gasteiger partial charge in [0.1, 0.15) is 6.61 Å². The number of esters is 1. The molecule has 27 heavy (non-hydrogen) atoms. The maximum atomic E-state index is 12.9. The van der Waals surface area contributed by atoms with Gasteiger partial charge < -0.3 is 14.6 Å². The Bertz CT molecular complexity index is 651. The van der Waals surface area contributed by atoms with Gasteiger partial charge in [-0.05, 0) is 18.4 Å². The second kappa shape index (κ2) is 9.91. The number of amides is 2. The van der Waals surface area contributed by atoms with Crippen molar-refractivity contribution >= 4 is 18.0 Å². The fourth-order valence-electron chi connectivity index (χ4n) is 2.99. The summed E-state index contributed by atoms with van der Waals surface area (Å²) in [6.45, 7) is 1.94. The number of nitrogens with zero attached hydrogens (tertiary/aromatic N) is 2. The number of aliphatic hydroxyl groups is 1. The summed E-state index contributed by atoms with van der Waals surface area (Å²) < 4.78 is 10.1. The van der Waals surface area contributed by atoms with E-state index in [0.29, 0.717) is 12.8 Å². The smallest absolute Gasteiger partial charge is 0.429 e. The zero-order chi connectivity index (χ0) is 19.8. The van der Waals surface area contributed by atoms with Gasteiger partial charge >= 0.3 is 12.1 Å². The number of hydrogen-bond donors (Lipinski definition) is 1. The molecule has 0 aliphatic carbocycles. The maximum Gasteiger partial charge on any atom is 0.429 e. The van der Waals surface area contributed by atoms with Crippen molar-refractivity contribution in [1.82, 2.24) is 10.0 Å². The summed E-state index contributed by atoms with van der Waals surface area (Å²) in [5.41, 5.74) is 0.823. The Morgan fingerprint density at radius 2 is 1.96 bits per heavy atom. The molecular formula is C19H26N2O6. The maximum absolute atomic E-state index is 12.9. The lowest BCUT2D eigenvalue weighted by Gasteiger charge is -2.32. The Kier molecular flexibility index (Phi) is 7.60. The molecular weight excluding hydrogens is 352 g/mol. The number of aliphatic hydroxyl groups excluding tert-OH is 1. The first-order valence-electron chi connectivity index (χ1n) is 8.99. The first-order valence-corrected chi connectivity index (χ1v) is 8.99. The lowest BCUT2D eigenvalue weighted by Crippen LogP contribution is -2.52. The first kappa shape index (κ1) is 20.7. The SMILES string of the molecule is COC(=O)[C@@H]1CCN(C(=O)OCc2ccccc2)N1C(=O)[C@@H](C)CCCO. The van der Waals surface area contributed by atoms with Crippen molar-refractivity contribution < 1.29 is 29.0 Å². The van der Waals surface area contributed by atoms with E-state index in [1.807, 2.05) is 30.3 Å². The molecule has 1 aromatic rings. The van der Waals surface area contributed by atoms with Crippen LogP contribution in [0.15, 0.2) is 30.3 Å². The minimum atomic E-state index is -0.858. The molecule has 0 aromatic heterocycles. The van der Waals surface area contributed by atoms with Gasteiger partial charge in [0.2, 0.25) is 5.91 Å². The Labute approximate surface area is 158 Å². The predicted octanol–water partition coefficient (Wildman–Crippen LogP) is 1.72. The number of carbonyl (C=O) groups is 3. The van der Waals surface area contributed by atoms with Crippen molar-refractivity contribution in [1.29, 1.82) is 0 Å². The standard InChI is InChI=1S/C19H26N2O6/c1-14(7-6-12-22)17(23)21-16(18(24)26-2)10-11-20(21)19(25)27-13-15-8-4-3-5-9-15/h3-5,8-9,14,16,22H,6-7,10-13H2,1-2H3/t14-,16-/m0/s1. The van der Waals surface area contributed by atoms with Crippen molar-refractivity contribution in [2.24, 2.45) is 5.92 Å². The highest BCUT2D eigenvalue weighted by molar-refractivity contribution is 5.88. The summed E-state index contributed by atoms with van der Waals surface area (Å²) >= 11 is 0. The van der Waals surface area contributed by atoms with Crippen LogP contribution in [0.25, 0.3) is 0 Å². The minimum Gasteiger partial charge on any atom is -0.467 e. The van der Waals surface area contributed by atoms with Crippen LogP contribution >= 0.6 is 0 Å². The molecule has 0 bridgehead atoms. The van der Waals surface area contributed by atoms with Gasteiger partial charge in [-0.2, -0.15) is 0 Å². The quantitative estimate of drug-likeness (QED) is 0.726. The topological polar surface area (TPSA) is 96.4 Å². The van der Waals surface area contributed by atoms with E-state index < -0.39 is 24.0 Å². The van der Waals surface area contributed by atoms with Crippen molar-refractivity contribution in [2.75, 3.05) is 20.3 Å². The zero-order valence-corrected chi connectivity index (χ0v) is 15.7. The number of benzene rings is 1.